The molecule has 94 valence electrons. The molecule has 0 bridgehead atoms. The summed E-state index contributed by atoms with van der Waals surface area (Å²) >= 11 is 9.30. The summed E-state index contributed by atoms with van der Waals surface area (Å²) in [6.07, 6.45) is 2.71. The highest BCUT2D eigenvalue weighted by atomic mass is 79.9. The third kappa shape index (κ3) is 3.72. The molecule has 1 N–H and O–H groups in total. The second kappa shape index (κ2) is 6.21. The quantitative estimate of drug-likeness (QED) is 0.835. The molecular weight excluding hydrogens is 312 g/mol. The Morgan fingerprint density at radius 3 is 2.67 bits per heavy atom. The average molecular weight is 326 g/mol. The number of nitrogens with one attached hydrogen (secondary N) is 1. The summed E-state index contributed by atoms with van der Waals surface area (Å²) < 4.78 is 0.841. The van der Waals surface area contributed by atoms with E-state index in [9.17, 15) is 0 Å². The van der Waals surface area contributed by atoms with Gasteiger partial charge in [-0.05, 0) is 59.1 Å². The Morgan fingerprint density at radius 1 is 1.28 bits per heavy atom. The molecule has 0 saturated heterocycles. The maximum Gasteiger partial charge on any atom is 0.129 e. The molecule has 1 aromatic heterocycles. The normalized spacial score (nSPS) is 12.2. The number of pyridine rings is 1. The summed E-state index contributed by atoms with van der Waals surface area (Å²) in [5.41, 5.74) is 2.28. The van der Waals surface area contributed by atoms with Crippen LogP contribution >= 0.6 is 27.5 Å². The van der Waals surface area contributed by atoms with E-state index in [4.69, 9.17) is 11.6 Å². The lowest BCUT2D eigenvalue weighted by molar-refractivity contribution is 0.788. The summed E-state index contributed by atoms with van der Waals surface area (Å²) in [4.78, 5) is 4.19. The fourth-order valence-electron chi connectivity index (χ4n) is 1.78. The lowest BCUT2D eigenvalue weighted by atomic mass is 10.1. The van der Waals surface area contributed by atoms with Crippen molar-refractivity contribution in [2.45, 2.75) is 19.4 Å². The first-order chi connectivity index (χ1) is 8.65. The largest absolute Gasteiger partial charge is 0.380 e. The van der Waals surface area contributed by atoms with Crippen molar-refractivity contribution in [3.8, 4) is 0 Å². The smallest absolute Gasteiger partial charge is 0.129 e. The average Bonchev–Trinajstić information content (AvgIpc) is 2.35. The molecule has 4 heteroatoms. The predicted molar refractivity (Wildman–Crippen MR) is 80.2 cm³/mol. The molecule has 1 atom stereocenters. The minimum atomic E-state index is 0.326. The van der Waals surface area contributed by atoms with E-state index < -0.39 is 0 Å². The molecule has 1 heterocycles. The number of halogens is 2. The van der Waals surface area contributed by atoms with Crippen LogP contribution in [0.3, 0.4) is 0 Å². The van der Waals surface area contributed by atoms with Gasteiger partial charge >= 0.3 is 0 Å². The van der Waals surface area contributed by atoms with Crippen molar-refractivity contribution in [1.82, 2.24) is 4.98 Å². The zero-order valence-electron chi connectivity index (χ0n) is 10.0. The van der Waals surface area contributed by atoms with Gasteiger partial charge in [0.25, 0.3) is 0 Å². The van der Waals surface area contributed by atoms with Crippen LogP contribution < -0.4 is 5.32 Å². The van der Waals surface area contributed by atoms with Crippen LogP contribution in [-0.2, 0) is 6.42 Å². The molecule has 0 amide bonds. The van der Waals surface area contributed by atoms with Gasteiger partial charge in [-0.1, -0.05) is 23.7 Å². The topological polar surface area (TPSA) is 24.9 Å². The highest BCUT2D eigenvalue weighted by Gasteiger charge is 2.06. The monoisotopic (exact) mass is 324 g/mol. The molecule has 2 nitrogen and oxygen atoms in total. The van der Waals surface area contributed by atoms with E-state index in [1.165, 1.54) is 5.56 Å². The van der Waals surface area contributed by atoms with Crippen molar-refractivity contribution in [1.29, 1.82) is 0 Å². The minimum Gasteiger partial charge on any atom is -0.380 e. The Bertz CT molecular complexity index is 513. The van der Waals surface area contributed by atoms with E-state index in [-0.39, 0.29) is 0 Å². The van der Waals surface area contributed by atoms with Crippen molar-refractivity contribution < 1.29 is 0 Å². The third-order valence-electron chi connectivity index (χ3n) is 2.62. The van der Waals surface area contributed by atoms with Crippen molar-refractivity contribution >= 4 is 33.2 Å². The van der Waals surface area contributed by atoms with Gasteiger partial charge in [0.05, 0.1) is 5.69 Å². The second-order valence-corrected chi connectivity index (χ2v) is 5.41. The van der Waals surface area contributed by atoms with Gasteiger partial charge in [-0.25, -0.2) is 4.98 Å². The van der Waals surface area contributed by atoms with Crippen LogP contribution in [0.15, 0.2) is 47.2 Å². The number of nitrogens with zero attached hydrogens (tertiary/aromatic N) is 1. The standard InChI is InChI=1S/C14H14BrClN2/c1-10(9-11-4-6-12(16)7-5-11)18-13-3-2-8-17-14(13)15/h2-8,10,18H,9H2,1H3. The van der Waals surface area contributed by atoms with Crippen molar-refractivity contribution in [3.05, 3.63) is 57.8 Å². The van der Waals surface area contributed by atoms with E-state index in [1.54, 1.807) is 6.20 Å². The first-order valence-electron chi connectivity index (χ1n) is 5.76. The van der Waals surface area contributed by atoms with Gasteiger partial charge in [-0.15, -0.1) is 0 Å². The van der Waals surface area contributed by atoms with E-state index in [1.807, 2.05) is 24.3 Å². The summed E-state index contributed by atoms with van der Waals surface area (Å²) in [5, 5.41) is 4.20. The lowest BCUT2D eigenvalue weighted by Gasteiger charge is -2.16. The number of anilines is 1. The van der Waals surface area contributed by atoms with E-state index in [2.05, 4.69) is 45.3 Å². The van der Waals surface area contributed by atoms with Crippen LogP contribution in [0.25, 0.3) is 0 Å². The molecule has 2 aromatic rings. The molecular formula is C14H14BrClN2. The SMILES string of the molecule is CC(Cc1ccc(Cl)cc1)Nc1cccnc1Br. The summed E-state index contributed by atoms with van der Waals surface area (Å²) in [6, 6.07) is 12.2. The van der Waals surface area contributed by atoms with Crippen LogP contribution in [-0.4, -0.2) is 11.0 Å². The predicted octanol–water partition coefficient (Wildman–Crippen LogP) is 4.54. The maximum atomic E-state index is 5.87. The molecule has 0 spiro atoms. The number of hydrogen-bond acceptors (Lipinski definition) is 2. The Kier molecular flexibility index (Phi) is 4.61. The third-order valence-corrected chi connectivity index (χ3v) is 3.50. The van der Waals surface area contributed by atoms with Crippen LogP contribution in [0.4, 0.5) is 5.69 Å². The van der Waals surface area contributed by atoms with Crippen LogP contribution in [0.1, 0.15) is 12.5 Å². The van der Waals surface area contributed by atoms with Gasteiger partial charge in [0.15, 0.2) is 0 Å². The van der Waals surface area contributed by atoms with Gasteiger partial charge in [-0.2, -0.15) is 0 Å². The molecule has 0 fully saturated rings. The number of aromatic nitrogens is 1. The molecule has 0 aliphatic rings. The highest BCUT2D eigenvalue weighted by molar-refractivity contribution is 9.10. The minimum absolute atomic E-state index is 0.326. The number of hydrogen-bond donors (Lipinski definition) is 1. The first kappa shape index (κ1) is 13.4. The Labute approximate surface area is 121 Å². The summed E-state index contributed by atoms with van der Waals surface area (Å²) in [5.74, 6) is 0. The van der Waals surface area contributed by atoms with Crippen molar-refractivity contribution in [2.24, 2.45) is 0 Å². The van der Waals surface area contributed by atoms with E-state index in [0.717, 1.165) is 21.7 Å². The molecule has 0 aliphatic carbocycles. The molecule has 2 rings (SSSR count). The maximum absolute atomic E-state index is 5.87. The molecule has 0 saturated carbocycles. The second-order valence-electron chi connectivity index (χ2n) is 4.22. The number of benzene rings is 1. The van der Waals surface area contributed by atoms with Crippen LogP contribution in [0, 0.1) is 0 Å². The van der Waals surface area contributed by atoms with Gasteiger partial charge in [0.2, 0.25) is 0 Å². The van der Waals surface area contributed by atoms with E-state index >= 15 is 0 Å². The van der Waals surface area contributed by atoms with Crippen LogP contribution in [0.5, 0.6) is 0 Å². The van der Waals surface area contributed by atoms with Gasteiger partial charge in [0, 0.05) is 17.3 Å². The first-order valence-corrected chi connectivity index (χ1v) is 6.94. The fraction of sp³-hybridized carbons (Fsp3) is 0.214. The summed E-state index contributed by atoms with van der Waals surface area (Å²) in [7, 11) is 0. The zero-order chi connectivity index (χ0) is 13.0. The highest BCUT2D eigenvalue weighted by Crippen LogP contribution is 2.20. The number of rotatable bonds is 4. The Morgan fingerprint density at radius 2 is 2.00 bits per heavy atom. The van der Waals surface area contributed by atoms with Crippen molar-refractivity contribution in [2.75, 3.05) is 5.32 Å². The molecule has 1 unspecified atom stereocenters. The zero-order valence-corrected chi connectivity index (χ0v) is 12.4. The van der Waals surface area contributed by atoms with E-state index in [0.29, 0.717) is 6.04 Å². The summed E-state index contributed by atoms with van der Waals surface area (Å²) in [6.45, 7) is 2.15. The van der Waals surface area contributed by atoms with Crippen molar-refractivity contribution in [3.63, 3.8) is 0 Å². The Balaban J connectivity index is 1.99. The van der Waals surface area contributed by atoms with Gasteiger partial charge < -0.3 is 5.32 Å². The fourth-order valence-corrected chi connectivity index (χ4v) is 2.28. The molecule has 1 aromatic carbocycles. The molecule has 18 heavy (non-hydrogen) atoms. The lowest BCUT2D eigenvalue weighted by Crippen LogP contribution is -2.18. The van der Waals surface area contributed by atoms with Crippen LogP contribution in [0.2, 0.25) is 5.02 Å². The van der Waals surface area contributed by atoms with Gasteiger partial charge in [0.1, 0.15) is 4.60 Å². The van der Waals surface area contributed by atoms with Gasteiger partial charge in [-0.3, -0.25) is 0 Å². The molecule has 0 aliphatic heterocycles. The molecule has 0 radical (unpaired) electrons. The Hall–Kier alpha value is -1.06.